The molecule has 0 radical (unpaired) electrons. The molecule has 0 spiro atoms. The van der Waals surface area contributed by atoms with Gasteiger partial charge in [0.15, 0.2) is 0 Å². The lowest BCUT2D eigenvalue weighted by Gasteiger charge is -2.07. The summed E-state index contributed by atoms with van der Waals surface area (Å²) in [7, 11) is -1.93. The average Bonchev–Trinajstić information content (AvgIpc) is 2.07. The smallest absolute Gasteiger partial charge is 0.250 e. The summed E-state index contributed by atoms with van der Waals surface area (Å²) in [5, 5.41) is -0.197. The topological polar surface area (TPSA) is 69.2 Å². The number of rotatable bonds is 2. The molecular weight excluding hydrogens is 204 g/mol. The van der Waals surface area contributed by atoms with Crippen LogP contribution in [0.1, 0.15) is 11.3 Å². The second-order valence-corrected chi connectivity index (χ2v) is 4.91. The van der Waals surface area contributed by atoms with Crippen LogP contribution in [0.5, 0.6) is 5.88 Å². The Kier molecular flexibility index (Phi) is 2.75. The number of aromatic nitrogens is 2. The van der Waals surface area contributed by atoms with E-state index in [2.05, 4.69) is 9.97 Å². The van der Waals surface area contributed by atoms with Crippen molar-refractivity contribution < 1.29 is 13.2 Å². The SMILES string of the molecule is COc1nc(S(C)(=O)=O)nc(C)c1C. The summed E-state index contributed by atoms with van der Waals surface area (Å²) in [5.41, 5.74) is 1.36. The fourth-order valence-corrected chi connectivity index (χ4v) is 1.49. The first-order valence-electron chi connectivity index (χ1n) is 3.95. The molecule has 0 aromatic carbocycles. The predicted octanol–water partition coefficient (Wildman–Crippen LogP) is 0.506. The molecular formula is C8H12N2O3S. The number of hydrogen-bond donors (Lipinski definition) is 0. The van der Waals surface area contributed by atoms with Gasteiger partial charge in [-0.25, -0.2) is 13.4 Å². The van der Waals surface area contributed by atoms with Crippen molar-refractivity contribution in [3.8, 4) is 5.88 Å². The number of ether oxygens (including phenoxy) is 1. The van der Waals surface area contributed by atoms with E-state index in [1.165, 1.54) is 7.11 Å². The first-order valence-corrected chi connectivity index (χ1v) is 5.84. The van der Waals surface area contributed by atoms with E-state index in [0.717, 1.165) is 11.8 Å². The summed E-state index contributed by atoms with van der Waals surface area (Å²) in [6, 6.07) is 0. The Morgan fingerprint density at radius 1 is 1.21 bits per heavy atom. The molecule has 0 aliphatic rings. The number of nitrogens with zero attached hydrogens (tertiary/aromatic N) is 2. The van der Waals surface area contributed by atoms with Gasteiger partial charge in [0.05, 0.1) is 7.11 Å². The highest BCUT2D eigenvalue weighted by Gasteiger charge is 2.15. The minimum atomic E-state index is -3.38. The van der Waals surface area contributed by atoms with Crippen LogP contribution in [-0.4, -0.2) is 31.8 Å². The summed E-state index contributed by atoms with van der Waals surface area (Å²) < 4.78 is 27.3. The fourth-order valence-electron chi connectivity index (χ4n) is 0.942. The summed E-state index contributed by atoms with van der Waals surface area (Å²) >= 11 is 0. The van der Waals surface area contributed by atoms with Crippen molar-refractivity contribution in [2.45, 2.75) is 19.0 Å². The van der Waals surface area contributed by atoms with Crippen molar-refractivity contribution in [3.05, 3.63) is 11.3 Å². The molecule has 1 aromatic rings. The van der Waals surface area contributed by atoms with Gasteiger partial charge in [0.2, 0.25) is 20.9 Å². The Hall–Kier alpha value is -1.17. The van der Waals surface area contributed by atoms with Gasteiger partial charge in [-0.3, -0.25) is 0 Å². The van der Waals surface area contributed by atoms with Gasteiger partial charge < -0.3 is 4.74 Å². The van der Waals surface area contributed by atoms with Crippen molar-refractivity contribution in [2.75, 3.05) is 13.4 Å². The van der Waals surface area contributed by atoms with E-state index in [-0.39, 0.29) is 5.16 Å². The quantitative estimate of drug-likeness (QED) is 0.673. The lowest BCUT2D eigenvalue weighted by molar-refractivity contribution is 0.387. The zero-order valence-corrected chi connectivity index (χ0v) is 9.34. The average molecular weight is 216 g/mol. The third-order valence-electron chi connectivity index (χ3n) is 1.85. The van der Waals surface area contributed by atoms with E-state index >= 15 is 0 Å². The van der Waals surface area contributed by atoms with Crippen LogP contribution in [0.3, 0.4) is 0 Å². The highest BCUT2D eigenvalue weighted by molar-refractivity contribution is 7.90. The van der Waals surface area contributed by atoms with Crippen molar-refractivity contribution >= 4 is 9.84 Å². The van der Waals surface area contributed by atoms with Crippen LogP contribution in [-0.2, 0) is 9.84 Å². The van der Waals surface area contributed by atoms with Gasteiger partial charge in [-0.2, -0.15) is 4.98 Å². The van der Waals surface area contributed by atoms with Crippen LogP contribution < -0.4 is 4.74 Å². The Morgan fingerprint density at radius 3 is 2.21 bits per heavy atom. The molecule has 0 saturated heterocycles. The molecule has 1 rings (SSSR count). The van der Waals surface area contributed by atoms with Crippen LogP contribution in [0, 0.1) is 13.8 Å². The molecule has 0 fully saturated rings. The monoisotopic (exact) mass is 216 g/mol. The molecule has 0 atom stereocenters. The molecule has 0 aliphatic heterocycles. The Labute approximate surface area is 83.1 Å². The molecule has 14 heavy (non-hydrogen) atoms. The fraction of sp³-hybridized carbons (Fsp3) is 0.500. The zero-order valence-electron chi connectivity index (χ0n) is 8.53. The van der Waals surface area contributed by atoms with E-state index in [4.69, 9.17) is 4.74 Å². The molecule has 1 aromatic heterocycles. The second kappa shape index (κ2) is 3.53. The van der Waals surface area contributed by atoms with E-state index < -0.39 is 9.84 Å². The van der Waals surface area contributed by atoms with Crippen LogP contribution in [0.25, 0.3) is 0 Å². The highest BCUT2D eigenvalue weighted by Crippen LogP contribution is 2.18. The van der Waals surface area contributed by atoms with E-state index in [1.54, 1.807) is 13.8 Å². The molecule has 0 unspecified atom stereocenters. The number of hydrogen-bond acceptors (Lipinski definition) is 5. The van der Waals surface area contributed by atoms with E-state index in [9.17, 15) is 8.42 Å². The summed E-state index contributed by atoms with van der Waals surface area (Å²) in [6.07, 6.45) is 1.07. The number of aryl methyl sites for hydroxylation is 1. The molecule has 0 aliphatic carbocycles. The predicted molar refractivity (Wildman–Crippen MR) is 51.2 cm³/mol. The Bertz CT molecular complexity index is 454. The molecule has 78 valence electrons. The van der Waals surface area contributed by atoms with Gasteiger partial charge in [0.1, 0.15) is 0 Å². The number of sulfone groups is 1. The summed E-state index contributed by atoms with van der Waals surface area (Å²) in [6.45, 7) is 3.49. The van der Waals surface area contributed by atoms with Crippen LogP contribution >= 0.6 is 0 Å². The second-order valence-electron chi connectivity index (χ2n) is 3.00. The normalized spacial score (nSPS) is 11.4. The maximum absolute atomic E-state index is 11.2. The third kappa shape index (κ3) is 2.01. The van der Waals surface area contributed by atoms with Gasteiger partial charge in [-0.1, -0.05) is 0 Å². The summed E-state index contributed by atoms with van der Waals surface area (Å²) in [4.78, 5) is 7.68. The van der Waals surface area contributed by atoms with Crippen LogP contribution in [0.15, 0.2) is 5.16 Å². The maximum Gasteiger partial charge on any atom is 0.250 e. The molecule has 0 saturated carbocycles. The molecule has 0 amide bonds. The molecule has 6 heteroatoms. The van der Waals surface area contributed by atoms with Gasteiger partial charge in [-0.15, -0.1) is 0 Å². The Balaban J connectivity index is 3.46. The molecule has 0 N–H and O–H groups in total. The third-order valence-corrected chi connectivity index (χ3v) is 2.69. The molecule has 5 nitrogen and oxygen atoms in total. The van der Waals surface area contributed by atoms with Gasteiger partial charge in [0.25, 0.3) is 0 Å². The summed E-state index contributed by atoms with van der Waals surface area (Å²) in [5.74, 6) is 0.304. The van der Waals surface area contributed by atoms with Gasteiger partial charge in [-0.05, 0) is 13.8 Å². The largest absolute Gasteiger partial charge is 0.481 e. The van der Waals surface area contributed by atoms with Crippen molar-refractivity contribution in [3.63, 3.8) is 0 Å². The highest BCUT2D eigenvalue weighted by atomic mass is 32.2. The first kappa shape index (κ1) is 10.9. The van der Waals surface area contributed by atoms with Crippen molar-refractivity contribution in [2.24, 2.45) is 0 Å². The molecule has 0 bridgehead atoms. The van der Waals surface area contributed by atoms with Gasteiger partial charge >= 0.3 is 0 Å². The van der Waals surface area contributed by atoms with E-state index in [0.29, 0.717) is 11.6 Å². The Morgan fingerprint density at radius 2 is 1.79 bits per heavy atom. The van der Waals surface area contributed by atoms with Crippen molar-refractivity contribution in [1.29, 1.82) is 0 Å². The van der Waals surface area contributed by atoms with Crippen LogP contribution in [0.2, 0.25) is 0 Å². The number of methoxy groups -OCH3 is 1. The van der Waals surface area contributed by atoms with Crippen molar-refractivity contribution in [1.82, 2.24) is 9.97 Å². The lowest BCUT2D eigenvalue weighted by Crippen LogP contribution is -2.08. The van der Waals surface area contributed by atoms with Gasteiger partial charge in [0, 0.05) is 17.5 Å². The van der Waals surface area contributed by atoms with E-state index in [1.807, 2.05) is 0 Å². The first-order chi connectivity index (χ1) is 6.36. The minimum absolute atomic E-state index is 0.197. The maximum atomic E-state index is 11.2. The standard InChI is InChI=1S/C8H12N2O3S/c1-5-6(2)9-8(14(4,11)12)10-7(5)13-3/h1-4H3. The van der Waals surface area contributed by atoms with Crippen LogP contribution in [0.4, 0.5) is 0 Å². The molecule has 1 heterocycles. The lowest BCUT2D eigenvalue weighted by atomic mass is 10.3. The minimum Gasteiger partial charge on any atom is -0.481 e. The zero-order chi connectivity index (χ0) is 10.9.